The van der Waals surface area contributed by atoms with E-state index in [1.165, 1.54) is 38.5 Å². The summed E-state index contributed by atoms with van der Waals surface area (Å²) in [4.78, 5) is 0.397. The molecule has 1 unspecified atom stereocenters. The molecule has 0 bridgehead atoms. The molecule has 0 spiro atoms. The van der Waals surface area contributed by atoms with Crippen LogP contribution in [0.2, 0.25) is 0 Å². The lowest BCUT2D eigenvalue weighted by molar-refractivity contribution is -0.102. The van der Waals surface area contributed by atoms with Crippen LogP contribution < -0.4 is 0 Å². The van der Waals surface area contributed by atoms with E-state index in [1.54, 1.807) is 35.6 Å². The molecule has 0 amide bonds. The molecule has 33 heavy (non-hydrogen) atoms. The van der Waals surface area contributed by atoms with Gasteiger partial charge in [0.2, 0.25) is 10.0 Å². The summed E-state index contributed by atoms with van der Waals surface area (Å²) in [5, 5.41) is 10.6. The number of rotatable bonds is 4. The van der Waals surface area contributed by atoms with Crippen molar-refractivity contribution in [3.05, 3.63) is 30.3 Å². The predicted octanol–water partition coefficient (Wildman–Crippen LogP) is 5.72. The van der Waals surface area contributed by atoms with Crippen LogP contribution in [0.4, 0.5) is 0 Å². The van der Waals surface area contributed by atoms with Gasteiger partial charge < -0.3 is 5.11 Å². The number of aliphatic hydroxyl groups is 1. The second kappa shape index (κ2) is 8.34. The maximum atomic E-state index is 13.3. The largest absolute Gasteiger partial charge is 0.390 e. The highest BCUT2D eigenvalue weighted by Crippen LogP contribution is 2.65. The summed E-state index contributed by atoms with van der Waals surface area (Å²) >= 11 is 0. The fourth-order valence-electron chi connectivity index (χ4n) is 9.15. The molecule has 1 N–H and O–H groups in total. The first kappa shape index (κ1) is 23.8. The van der Waals surface area contributed by atoms with E-state index < -0.39 is 15.6 Å². The van der Waals surface area contributed by atoms with Gasteiger partial charge in [0.25, 0.3) is 0 Å². The van der Waals surface area contributed by atoms with E-state index in [2.05, 4.69) is 13.8 Å². The quantitative estimate of drug-likeness (QED) is 0.609. The van der Waals surface area contributed by atoms with Crippen LogP contribution in [0.1, 0.15) is 78.6 Å². The summed E-state index contributed by atoms with van der Waals surface area (Å²) in [6, 6.07) is 8.90. The third-order valence-electron chi connectivity index (χ3n) is 10.9. The first-order valence-electron chi connectivity index (χ1n) is 13.3. The molecular weight excluding hydrogens is 430 g/mol. The van der Waals surface area contributed by atoms with Gasteiger partial charge >= 0.3 is 0 Å². The smallest absolute Gasteiger partial charge is 0.243 e. The zero-order valence-corrected chi connectivity index (χ0v) is 21.7. The second-order valence-electron chi connectivity index (χ2n) is 12.5. The normalized spacial score (nSPS) is 44.1. The van der Waals surface area contributed by atoms with Crippen molar-refractivity contribution in [2.24, 2.45) is 40.9 Å². The molecular formula is C28H43NO3S. The Bertz CT molecular complexity index is 961. The minimum atomic E-state index is -3.48. The summed E-state index contributed by atoms with van der Waals surface area (Å²) in [7, 11) is -1.69. The molecule has 0 aromatic heterocycles. The van der Waals surface area contributed by atoms with Gasteiger partial charge in [-0.1, -0.05) is 25.1 Å². The number of hydrogen-bond acceptors (Lipinski definition) is 3. The summed E-state index contributed by atoms with van der Waals surface area (Å²) < 4.78 is 28.3. The van der Waals surface area contributed by atoms with E-state index in [1.807, 2.05) is 13.0 Å². The van der Waals surface area contributed by atoms with E-state index in [9.17, 15) is 13.5 Å². The zero-order chi connectivity index (χ0) is 23.6. The van der Waals surface area contributed by atoms with Crippen molar-refractivity contribution in [1.29, 1.82) is 0 Å². The third kappa shape index (κ3) is 3.90. The Morgan fingerprint density at radius 1 is 0.939 bits per heavy atom. The van der Waals surface area contributed by atoms with Crippen molar-refractivity contribution < 1.29 is 13.5 Å². The van der Waals surface area contributed by atoms with Crippen LogP contribution in [-0.2, 0) is 10.0 Å². The summed E-state index contributed by atoms with van der Waals surface area (Å²) in [5.74, 6) is 4.25. The molecule has 9 atom stereocenters. The van der Waals surface area contributed by atoms with Gasteiger partial charge in [-0.25, -0.2) is 8.42 Å². The van der Waals surface area contributed by atoms with Crippen LogP contribution in [0.25, 0.3) is 0 Å². The lowest BCUT2D eigenvalue weighted by Crippen LogP contribution is -2.52. The standard InChI is InChI=1S/C28H43NO3S/c1-19(29(4)33(31,32)21-8-6-5-7-9-21)25-12-13-26-24-11-10-20-18-27(2,30)16-14-22(20)23(24)15-17-28(25,26)3/h5-9,19-20,22-26,30H,10-18H2,1-4H3/t19-,20+,22-,23+,24+,25?,26-,27+,28+/m0/s1. The topological polar surface area (TPSA) is 57.6 Å². The Hall–Kier alpha value is -0.910. The van der Waals surface area contributed by atoms with E-state index in [0.29, 0.717) is 16.7 Å². The second-order valence-corrected chi connectivity index (χ2v) is 14.5. The van der Waals surface area contributed by atoms with Gasteiger partial charge in [-0.05, 0) is 125 Å². The Kier molecular flexibility index (Phi) is 6.02. The van der Waals surface area contributed by atoms with Gasteiger partial charge in [-0.15, -0.1) is 0 Å². The van der Waals surface area contributed by atoms with Gasteiger partial charge in [-0.2, -0.15) is 4.31 Å². The molecule has 0 heterocycles. The average Bonchev–Trinajstić information content (AvgIpc) is 3.15. The highest BCUT2D eigenvalue weighted by atomic mass is 32.2. The van der Waals surface area contributed by atoms with Crippen molar-refractivity contribution in [3.8, 4) is 0 Å². The minimum Gasteiger partial charge on any atom is -0.390 e. The van der Waals surface area contributed by atoms with Gasteiger partial charge in [0.05, 0.1) is 10.5 Å². The van der Waals surface area contributed by atoms with E-state index in [0.717, 1.165) is 42.9 Å². The molecule has 4 nitrogen and oxygen atoms in total. The van der Waals surface area contributed by atoms with Gasteiger partial charge in [0.15, 0.2) is 0 Å². The number of nitrogens with zero attached hydrogens (tertiary/aromatic N) is 1. The van der Waals surface area contributed by atoms with Crippen molar-refractivity contribution in [3.63, 3.8) is 0 Å². The highest BCUT2D eigenvalue weighted by molar-refractivity contribution is 7.89. The van der Waals surface area contributed by atoms with Gasteiger partial charge in [0.1, 0.15) is 0 Å². The average molecular weight is 474 g/mol. The molecule has 1 aromatic carbocycles. The Labute approximate surface area is 201 Å². The molecule has 0 radical (unpaired) electrons. The van der Waals surface area contributed by atoms with Crippen molar-refractivity contribution in [1.82, 2.24) is 4.31 Å². The van der Waals surface area contributed by atoms with E-state index in [-0.39, 0.29) is 11.5 Å². The number of sulfonamides is 1. The fraction of sp³-hybridized carbons (Fsp3) is 0.786. The molecule has 4 fully saturated rings. The summed E-state index contributed by atoms with van der Waals surface area (Å²) in [6.45, 7) is 6.67. The molecule has 0 aliphatic heterocycles. The third-order valence-corrected chi connectivity index (χ3v) is 12.8. The molecule has 184 valence electrons. The van der Waals surface area contributed by atoms with Crippen LogP contribution >= 0.6 is 0 Å². The first-order valence-corrected chi connectivity index (χ1v) is 14.7. The first-order chi connectivity index (χ1) is 15.5. The SMILES string of the molecule is C[C@@H](C1CC[C@H]2[C@@H]3CC[C@@H]4C[C@](C)(O)CC[C@@H]4[C@H]3CC[C@]12C)N(C)S(=O)(=O)c1ccccc1. The molecule has 4 aliphatic rings. The molecule has 5 rings (SSSR count). The van der Waals surface area contributed by atoms with E-state index >= 15 is 0 Å². The van der Waals surface area contributed by atoms with Crippen molar-refractivity contribution in [2.75, 3.05) is 7.05 Å². The Morgan fingerprint density at radius 2 is 1.64 bits per heavy atom. The van der Waals surface area contributed by atoms with Gasteiger partial charge in [0, 0.05) is 13.1 Å². The molecule has 0 saturated heterocycles. The maximum absolute atomic E-state index is 13.3. The Morgan fingerprint density at radius 3 is 2.36 bits per heavy atom. The van der Waals surface area contributed by atoms with Crippen LogP contribution in [0.15, 0.2) is 35.2 Å². The van der Waals surface area contributed by atoms with Crippen molar-refractivity contribution >= 4 is 10.0 Å². The molecule has 5 heteroatoms. The highest BCUT2D eigenvalue weighted by Gasteiger charge is 2.58. The molecule has 4 aliphatic carbocycles. The maximum Gasteiger partial charge on any atom is 0.243 e. The summed E-state index contributed by atoms with van der Waals surface area (Å²) in [6.07, 6.45) is 10.6. The molecule has 1 aromatic rings. The van der Waals surface area contributed by atoms with E-state index in [4.69, 9.17) is 0 Å². The Balaban J connectivity index is 1.34. The monoisotopic (exact) mass is 473 g/mol. The summed E-state index contributed by atoms with van der Waals surface area (Å²) in [5.41, 5.74) is -0.228. The van der Waals surface area contributed by atoms with Crippen LogP contribution in [0.5, 0.6) is 0 Å². The number of benzene rings is 1. The fourth-order valence-corrected chi connectivity index (χ4v) is 10.6. The van der Waals surface area contributed by atoms with Crippen molar-refractivity contribution in [2.45, 2.75) is 95.1 Å². The zero-order valence-electron chi connectivity index (χ0n) is 20.9. The lowest BCUT2D eigenvalue weighted by atomic mass is 9.49. The number of hydrogen-bond donors (Lipinski definition) is 1. The predicted molar refractivity (Wildman–Crippen MR) is 132 cm³/mol. The number of fused-ring (bicyclic) bond motifs is 5. The molecule has 4 saturated carbocycles. The van der Waals surface area contributed by atoms with Crippen LogP contribution in [-0.4, -0.2) is 36.5 Å². The lowest BCUT2D eigenvalue weighted by Gasteiger charge is -2.57. The van der Waals surface area contributed by atoms with Gasteiger partial charge in [-0.3, -0.25) is 0 Å². The van der Waals surface area contributed by atoms with Crippen LogP contribution in [0, 0.1) is 40.9 Å². The minimum absolute atomic E-state index is 0.00266. The van der Waals surface area contributed by atoms with Crippen LogP contribution in [0.3, 0.4) is 0 Å².